The summed E-state index contributed by atoms with van der Waals surface area (Å²) >= 11 is 5.79. The largest absolute Gasteiger partial charge is 0.372 e. The molecule has 0 bridgehead atoms. The summed E-state index contributed by atoms with van der Waals surface area (Å²) in [5, 5.41) is 3.42. The number of carbonyl (C=O) groups is 2. The molecule has 0 aliphatic carbocycles. The third-order valence-corrected chi connectivity index (χ3v) is 3.98. The van der Waals surface area contributed by atoms with Gasteiger partial charge >= 0.3 is 0 Å². The Morgan fingerprint density at radius 2 is 1.83 bits per heavy atom. The van der Waals surface area contributed by atoms with Gasteiger partial charge in [0.15, 0.2) is 0 Å². The molecule has 23 heavy (non-hydrogen) atoms. The molecule has 1 heterocycles. The summed E-state index contributed by atoms with van der Waals surface area (Å²) < 4.78 is 5.62. The number of halogens is 1. The molecule has 0 radical (unpaired) electrons. The summed E-state index contributed by atoms with van der Waals surface area (Å²) in [6, 6.07) is 6.72. The third kappa shape index (κ3) is 5.52. The summed E-state index contributed by atoms with van der Waals surface area (Å²) in [6.45, 7) is 5.70. The molecule has 6 heteroatoms. The van der Waals surface area contributed by atoms with E-state index in [9.17, 15) is 9.59 Å². The highest BCUT2D eigenvalue weighted by atomic mass is 35.5. The lowest BCUT2D eigenvalue weighted by Crippen LogP contribution is -2.48. The maximum atomic E-state index is 12.2. The van der Waals surface area contributed by atoms with E-state index < -0.39 is 0 Å². The van der Waals surface area contributed by atoms with Crippen molar-refractivity contribution >= 4 is 23.4 Å². The molecule has 1 aromatic rings. The Hall–Kier alpha value is -1.59. The van der Waals surface area contributed by atoms with Crippen LogP contribution in [0.25, 0.3) is 0 Å². The van der Waals surface area contributed by atoms with Gasteiger partial charge in [0.2, 0.25) is 5.91 Å². The topological polar surface area (TPSA) is 58.6 Å². The van der Waals surface area contributed by atoms with Crippen LogP contribution in [0.2, 0.25) is 5.02 Å². The van der Waals surface area contributed by atoms with Gasteiger partial charge in [0, 0.05) is 36.6 Å². The second-order valence-corrected chi connectivity index (χ2v) is 6.36. The van der Waals surface area contributed by atoms with Gasteiger partial charge in [-0.25, -0.2) is 0 Å². The molecule has 0 saturated carbocycles. The Morgan fingerprint density at radius 1 is 1.22 bits per heavy atom. The predicted molar refractivity (Wildman–Crippen MR) is 89.6 cm³/mol. The van der Waals surface area contributed by atoms with Gasteiger partial charge in [0.05, 0.1) is 12.2 Å². The second-order valence-electron chi connectivity index (χ2n) is 5.92. The van der Waals surface area contributed by atoms with Crippen LogP contribution in [0.1, 0.15) is 37.0 Å². The zero-order valence-electron chi connectivity index (χ0n) is 13.5. The van der Waals surface area contributed by atoms with Crippen LogP contribution in [0.3, 0.4) is 0 Å². The zero-order chi connectivity index (χ0) is 16.8. The van der Waals surface area contributed by atoms with E-state index in [0.717, 1.165) is 0 Å². The van der Waals surface area contributed by atoms with Crippen molar-refractivity contribution in [1.82, 2.24) is 10.2 Å². The first-order valence-electron chi connectivity index (χ1n) is 7.92. The summed E-state index contributed by atoms with van der Waals surface area (Å²) in [6.07, 6.45) is 1.21. The van der Waals surface area contributed by atoms with Crippen molar-refractivity contribution in [2.24, 2.45) is 0 Å². The zero-order valence-corrected chi connectivity index (χ0v) is 14.3. The highest BCUT2D eigenvalue weighted by Gasteiger charge is 2.25. The van der Waals surface area contributed by atoms with Crippen LogP contribution in [0.15, 0.2) is 24.3 Å². The van der Waals surface area contributed by atoms with Gasteiger partial charge in [-0.15, -0.1) is 0 Å². The fourth-order valence-electron chi connectivity index (χ4n) is 2.68. The average molecular weight is 339 g/mol. The molecular formula is C17H23ClN2O3. The standard InChI is InChI=1S/C17H23ClN2O3/c1-12-10-20(11-13(2)23-12)16(21)4-3-9-19-17(22)14-5-7-15(18)8-6-14/h5-8,12-13H,3-4,9-11H2,1-2H3,(H,19,22). The molecule has 1 aliphatic rings. The molecule has 5 nitrogen and oxygen atoms in total. The Bertz CT molecular complexity index is 537. The molecule has 1 N–H and O–H groups in total. The van der Waals surface area contributed by atoms with Crippen molar-refractivity contribution in [2.45, 2.75) is 38.9 Å². The highest BCUT2D eigenvalue weighted by molar-refractivity contribution is 6.30. The maximum Gasteiger partial charge on any atom is 0.251 e. The Kier molecular flexibility index (Phi) is 6.42. The lowest BCUT2D eigenvalue weighted by Gasteiger charge is -2.35. The summed E-state index contributed by atoms with van der Waals surface area (Å²) in [5.74, 6) is -0.0320. The van der Waals surface area contributed by atoms with Gasteiger partial charge in [0.25, 0.3) is 5.91 Å². The van der Waals surface area contributed by atoms with Crippen molar-refractivity contribution in [1.29, 1.82) is 0 Å². The predicted octanol–water partition coefficient (Wildman–Crippen LogP) is 2.49. The normalized spacial score (nSPS) is 21.1. The Labute approximate surface area is 141 Å². The number of rotatable bonds is 5. The molecule has 126 valence electrons. The van der Waals surface area contributed by atoms with Crippen LogP contribution >= 0.6 is 11.6 Å². The van der Waals surface area contributed by atoms with E-state index in [1.54, 1.807) is 24.3 Å². The number of hydrogen-bond acceptors (Lipinski definition) is 3. The number of benzene rings is 1. The minimum absolute atomic E-state index is 0.0762. The van der Waals surface area contributed by atoms with Gasteiger partial charge in [-0.3, -0.25) is 9.59 Å². The molecule has 0 aromatic heterocycles. The van der Waals surface area contributed by atoms with E-state index in [4.69, 9.17) is 16.3 Å². The molecule has 1 fully saturated rings. The number of ether oxygens (including phenoxy) is 1. The number of hydrogen-bond donors (Lipinski definition) is 1. The maximum absolute atomic E-state index is 12.2. The van der Waals surface area contributed by atoms with Crippen molar-refractivity contribution in [3.05, 3.63) is 34.9 Å². The van der Waals surface area contributed by atoms with E-state index >= 15 is 0 Å². The Balaban J connectivity index is 1.69. The molecule has 2 unspecified atom stereocenters. The first kappa shape index (κ1) is 17.8. The van der Waals surface area contributed by atoms with E-state index in [2.05, 4.69) is 5.32 Å². The van der Waals surface area contributed by atoms with Gasteiger partial charge in [-0.1, -0.05) is 11.6 Å². The van der Waals surface area contributed by atoms with E-state index in [0.29, 0.717) is 43.1 Å². The van der Waals surface area contributed by atoms with Gasteiger partial charge in [-0.2, -0.15) is 0 Å². The van der Waals surface area contributed by atoms with E-state index in [-0.39, 0.29) is 24.0 Å². The van der Waals surface area contributed by atoms with Crippen molar-refractivity contribution in [3.8, 4) is 0 Å². The Morgan fingerprint density at radius 3 is 2.43 bits per heavy atom. The number of nitrogens with zero attached hydrogens (tertiary/aromatic N) is 1. The third-order valence-electron chi connectivity index (χ3n) is 3.73. The number of carbonyl (C=O) groups excluding carboxylic acids is 2. The molecule has 2 amide bonds. The minimum Gasteiger partial charge on any atom is -0.372 e. The molecule has 2 atom stereocenters. The number of amides is 2. The van der Waals surface area contributed by atoms with Gasteiger partial charge in [-0.05, 0) is 44.5 Å². The smallest absolute Gasteiger partial charge is 0.251 e. The molecule has 1 aromatic carbocycles. The van der Waals surface area contributed by atoms with Crippen LogP contribution in [-0.4, -0.2) is 48.6 Å². The summed E-state index contributed by atoms with van der Waals surface area (Å²) in [7, 11) is 0. The molecule has 2 rings (SSSR count). The number of nitrogens with one attached hydrogen (secondary N) is 1. The number of morpholine rings is 1. The second kappa shape index (κ2) is 8.31. The van der Waals surface area contributed by atoms with Crippen LogP contribution in [0, 0.1) is 0 Å². The summed E-state index contributed by atoms with van der Waals surface area (Å²) in [5.41, 5.74) is 0.566. The van der Waals surface area contributed by atoms with Crippen LogP contribution in [0.4, 0.5) is 0 Å². The van der Waals surface area contributed by atoms with Gasteiger partial charge in [0.1, 0.15) is 0 Å². The fraction of sp³-hybridized carbons (Fsp3) is 0.529. The van der Waals surface area contributed by atoms with E-state index in [1.165, 1.54) is 0 Å². The quantitative estimate of drug-likeness (QED) is 0.839. The van der Waals surface area contributed by atoms with Crippen molar-refractivity contribution in [3.63, 3.8) is 0 Å². The monoisotopic (exact) mass is 338 g/mol. The van der Waals surface area contributed by atoms with Crippen molar-refractivity contribution < 1.29 is 14.3 Å². The lowest BCUT2D eigenvalue weighted by molar-refractivity contribution is -0.143. The molecular weight excluding hydrogens is 316 g/mol. The van der Waals surface area contributed by atoms with Crippen LogP contribution in [-0.2, 0) is 9.53 Å². The van der Waals surface area contributed by atoms with E-state index in [1.807, 2.05) is 18.7 Å². The molecule has 0 spiro atoms. The highest BCUT2D eigenvalue weighted by Crippen LogP contribution is 2.12. The van der Waals surface area contributed by atoms with Crippen LogP contribution < -0.4 is 5.32 Å². The average Bonchev–Trinajstić information content (AvgIpc) is 2.50. The fourth-order valence-corrected chi connectivity index (χ4v) is 2.81. The first-order chi connectivity index (χ1) is 11.0. The minimum atomic E-state index is -0.150. The summed E-state index contributed by atoms with van der Waals surface area (Å²) in [4.78, 5) is 26.0. The molecule has 1 saturated heterocycles. The van der Waals surface area contributed by atoms with Gasteiger partial charge < -0.3 is 15.0 Å². The van der Waals surface area contributed by atoms with Crippen molar-refractivity contribution in [2.75, 3.05) is 19.6 Å². The SMILES string of the molecule is CC1CN(C(=O)CCCNC(=O)c2ccc(Cl)cc2)CC(C)O1. The molecule has 1 aliphatic heterocycles. The van der Waals surface area contributed by atoms with Crippen LogP contribution in [0.5, 0.6) is 0 Å². The lowest BCUT2D eigenvalue weighted by atomic mass is 10.2. The first-order valence-corrected chi connectivity index (χ1v) is 8.30.